The van der Waals surface area contributed by atoms with Crippen molar-refractivity contribution >= 4 is 29.3 Å². The summed E-state index contributed by atoms with van der Waals surface area (Å²) in [5.74, 6) is -0.738. The molecule has 2 aliphatic rings. The summed E-state index contributed by atoms with van der Waals surface area (Å²) in [6.07, 6.45) is 5.59. The van der Waals surface area contributed by atoms with Crippen LogP contribution in [0, 0.1) is 11.7 Å². The van der Waals surface area contributed by atoms with Crippen LogP contribution in [0.2, 0.25) is 0 Å². The second kappa shape index (κ2) is 11.4. The van der Waals surface area contributed by atoms with Crippen LogP contribution in [0.5, 0.6) is 0 Å². The van der Waals surface area contributed by atoms with Crippen LogP contribution >= 0.6 is 0 Å². The highest BCUT2D eigenvalue weighted by Gasteiger charge is 2.32. The van der Waals surface area contributed by atoms with Crippen molar-refractivity contribution in [1.29, 1.82) is 0 Å². The zero-order valence-corrected chi connectivity index (χ0v) is 20.2. The summed E-state index contributed by atoms with van der Waals surface area (Å²) < 4.78 is 14.3. The molecule has 1 aliphatic carbocycles. The largest absolute Gasteiger partial charge is 0.369 e. The number of primary amides is 1. The molecular formula is C25H34FN7O2. The molecule has 1 saturated heterocycles. The standard InChI is InChI=1S/C25H34FN7O2/c1-32-12-14-33(15-13-32)22(34)7-2-4-17-8-10-18(11-9-17)29-25-28-16-20(26)24(31-25)30-21-6-3-5-19(21)23(27)35/h8-11,16,19,21H,2-7,12-15H2,1H3,(H2,27,35)(H2,28,29,30,31). The highest BCUT2D eigenvalue weighted by Crippen LogP contribution is 2.29. The average molecular weight is 484 g/mol. The number of carbonyl (C=O) groups is 2. The van der Waals surface area contributed by atoms with Crippen LogP contribution in [-0.2, 0) is 16.0 Å². The maximum absolute atomic E-state index is 14.3. The van der Waals surface area contributed by atoms with E-state index in [0.717, 1.165) is 69.3 Å². The molecule has 35 heavy (non-hydrogen) atoms. The maximum Gasteiger partial charge on any atom is 0.229 e. The van der Waals surface area contributed by atoms with Crippen molar-refractivity contribution in [2.75, 3.05) is 43.9 Å². The molecule has 4 rings (SSSR count). The fourth-order valence-electron chi connectivity index (χ4n) is 4.72. The Hall–Kier alpha value is -3.27. The molecule has 2 aromatic rings. The lowest BCUT2D eigenvalue weighted by Crippen LogP contribution is -2.47. The predicted octanol–water partition coefficient (Wildman–Crippen LogP) is 2.52. The van der Waals surface area contributed by atoms with E-state index in [2.05, 4.69) is 32.5 Å². The minimum Gasteiger partial charge on any atom is -0.369 e. The minimum atomic E-state index is -0.577. The molecule has 0 radical (unpaired) electrons. The molecule has 0 bridgehead atoms. The summed E-state index contributed by atoms with van der Waals surface area (Å²) in [6, 6.07) is 7.60. The second-order valence-electron chi connectivity index (χ2n) is 9.44. The number of likely N-dealkylation sites (N-methyl/N-ethyl adjacent to an activating group) is 1. The molecular weight excluding hydrogens is 449 g/mol. The molecule has 1 aromatic heterocycles. The first-order valence-corrected chi connectivity index (χ1v) is 12.3. The van der Waals surface area contributed by atoms with Crippen LogP contribution in [0.4, 0.5) is 21.8 Å². The molecule has 2 fully saturated rings. The van der Waals surface area contributed by atoms with Gasteiger partial charge in [-0.05, 0) is 50.4 Å². The Morgan fingerprint density at radius 3 is 2.60 bits per heavy atom. The van der Waals surface area contributed by atoms with E-state index in [9.17, 15) is 14.0 Å². The lowest BCUT2D eigenvalue weighted by atomic mass is 10.0. The molecule has 9 nitrogen and oxygen atoms in total. The molecule has 1 aliphatic heterocycles. The SMILES string of the molecule is CN1CCN(C(=O)CCCc2ccc(Nc3ncc(F)c(NC4CCCC4C(N)=O)n3)cc2)CC1. The van der Waals surface area contributed by atoms with E-state index >= 15 is 0 Å². The number of aromatic nitrogens is 2. The van der Waals surface area contributed by atoms with Gasteiger partial charge < -0.3 is 26.2 Å². The molecule has 0 spiro atoms. The summed E-state index contributed by atoms with van der Waals surface area (Å²) in [5.41, 5.74) is 7.39. The first-order valence-electron chi connectivity index (χ1n) is 12.3. The number of hydrogen-bond acceptors (Lipinski definition) is 7. The number of aryl methyl sites for hydroxylation is 1. The Labute approximate surface area is 205 Å². The molecule has 4 N–H and O–H groups in total. The predicted molar refractivity (Wildman–Crippen MR) is 133 cm³/mol. The number of halogens is 1. The van der Waals surface area contributed by atoms with Gasteiger partial charge in [0.25, 0.3) is 0 Å². The zero-order valence-electron chi connectivity index (χ0n) is 20.2. The number of piperazine rings is 1. The van der Waals surface area contributed by atoms with Gasteiger partial charge in [-0.1, -0.05) is 18.6 Å². The Morgan fingerprint density at radius 1 is 1.14 bits per heavy atom. The van der Waals surface area contributed by atoms with Gasteiger partial charge in [0, 0.05) is 44.3 Å². The lowest BCUT2D eigenvalue weighted by molar-refractivity contribution is -0.132. The topological polar surface area (TPSA) is 116 Å². The van der Waals surface area contributed by atoms with Crippen LogP contribution in [0.25, 0.3) is 0 Å². The Bertz CT molecular complexity index is 1020. The number of rotatable bonds is 9. The molecule has 2 atom stereocenters. The van der Waals surface area contributed by atoms with Crippen LogP contribution in [-0.4, -0.2) is 70.9 Å². The van der Waals surface area contributed by atoms with Crippen molar-refractivity contribution in [3.05, 3.63) is 41.8 Å². The quantitative estimate of drug-likeness (QED) is 0.502. The Kier molecular flexibility index (Phi) is 8.12. The summed E-state index contributed by atoms with van der Waals surface area (Å²) >= 11 is 0. The number of amides is 2. The molecule has 1 saturated carbocycles. The first-order chi connectivity index (χ1) is 16.9. The second-order valence-corrected chi connectivity index (χ2v) is 9.44. The van der Waals surface area contributed by atoms with Gasteiger partial charge in [-0.25, -0.2) is 9.37 Å². The third-order valence-electron chi connectivity index (χ3n) is 6.87. The molecule has 2 heterocycles. The van der Waals surface area contributed by atoms with Gasteiger partial charge >= 0.3 is 0 Å². The van der Waals surface area contributed by atoms with E-state index in [0.29, 0.717) is 12.8 Å². The van der Waals surface area contributed by atoms with Gasteiger partial charge in [0.05, 0.1) is 12.1 Å². The molecule has 10 heteroatoms. The van der Waals surface area contributed by atoms with Crippen LogP contribution < -0.4 is 16.4 Å². The summed E-state index contributed by atoms with van der Waals surface area (Å²) in [5, 5.41) is 6.13. The summed E-state index contributed by atoms with van der Waals surface area (Å²) in [6.45, 7) is 3.49. The van der Waals surface area contributed by atoms with E-state index in [1.165, 1.54) is 0 Å². The number of hydrogen-bond donors (Lipinski definition) is 3. The van der Waals surface area contributed by atoms with Crippen LogP contribution in [0.3, 0.4) is 0 Å². The van der Waals surface area contributed by atoms with Gasteiger partial charge in [0.2, 0.25) is 17.8 Å². The van der Waals surface area contributed by atoms with Gasteiger partial charge in [0.1, 0.15) is 0 Å². The Balaban J connectivity index is 1.28. The minimum absolute atomic E-state index is 0.0577. The summed E-state index contributed by atoms with van der Waals surface area (Å²) in [7, 11) is 2.08. The summed E-state index contributed by atoms with van der Waals surface area (Å²) in [4.78, 5) is 36.5. The normalized spacial score (nSPS) is 20.6. The number of carbonyl (C=O) groups excluding carboxylic acids is 2. The maximum atomic E-state index is 14.3. The van der Waals surface area contributed by atoms with Gasteiger partial charge in [-0.15, -0.1) is 0 Å². The highest BCUT2D eigenvalue weighted by atomic mass is 19.1. The number of nitrogens with two attached hydrogens (primary N) is 1. The number of nitrogens with one attached hydrogen (secondary N) is 2. The van der Waals surface area contributed by atoms with E-state index < -0.39 is 5.82 Å². The van der Waals surface area contributed by atoms with Crippen LogP contribution in [0.1, 0.15) is 37.7 Å². The first kappa shape index (κ1) is 24.8. The lowest BCUT2D eigenvalue weighted by Gasteiger charge is -2.32. The van der Waals surface area contributed by atoms with Gasteiger partial charge in [-0.3, -0.25) is 9.59 Å². The van der Waals surface area contributed by atoms with Crippen molar-refractivity contribution in [3.63, 3.8) is 0 Å². The van der Waals surface area contributed by atoms with E-state index in [-0.39, 0.29) is 35.5 Å². The average Bonchev–Trinajstić information content (AvgIpc) is 3.31. The van der Waals surface area contributed by atoms with Gasteiger partial charge in [-0.2, -0.15) is 4.98 Å². The van der Waals surface area contributed by atoms with E-state index in [4.69, 9.17) is 5.73 Å². The third kappa shape index (κ3) is 6.66. The molecule has 1 aromatic carbocycles. The fraction of sp³-hybridized carbons (Fsp3) is 0.520. The van der Waals surface area contributed by atoms with Crippen molar-refractivity contribution in [1.82, 2.24) is 19.8 Å². The fourth-order valence-corrected chi connectivity index (χ4v) is 4.72. The third-order valence-corrected chi connectivity index (χ3v) is 6.87. The number of benzene rings is 1. The van der Waals surface area contributed by atoms with Gasteiger partial charge in [0.15, 0.2) is 11.6 Å². The molecule has 2 amide bonds. The monoisotopic (exact) mass is 483 g/mol. The van der Waals surface area contributed by atoms with E-state index in [1.807, 2.05) is 29.2 Å². The van der Waals surface area contributed by atoms with E-state index in [1.54, 1.807) is 0 Å². The number of anilines is 3. The van der Waals surface area contributed by atoms with Crippen molar-refractivity contribution in [2.45, 2.75) is 44.6 Å². The van der Waals surface area contributed by atoms with Crippen molar-refractivity contribution in [2.24, 2.45) is 11.7 Å². The Morgan fingerprint density at radius 2 is 1.89 bits per heavy atom. The highest BCUT2D eigenvalue weighted by molar-refractivity contribution is 5.78. The van der Waals surface area contributed by atoms with Crippen molar-refractivity contribution in [3.8, 4) is 0 Å². The van der Waals surface area contributed by atoms with Crippen molar-refractivity contribution < 1.29 is 14.0 Å². The zero-order chi connectivity index (χ0) is 24.8. The number of nitrogens with zero attached hydrogens (tertiary/aromatic N) is 4. The smallest absolute Gasteiger partial charge is 0.229 e. The van der Waals surface area contributed by atoms with Crippen LogP contribution in [0.15, 0.2) is 30.5 Å². The molecule has 188 valence electrons. The molecule has 2 unspecified atom stereocenters.